The number of hydrogen-bond donors (Lipinski definition) is 1. The molecule has 2 amide bonds. The van der Waals surface area contributed by atoms with Crippen LogP contribution in [-0.2, 0) is 19.5 Å². The van der Waals surface area contributed by atoms with Gasteiger partial charge in [-0.1, -0.05) is 18.2 Å². The molecule has 0 unspecified atom stereocenters. The number of sulfonamides is 1. The monoisotopic (exact) mass is 286 g/mol. The number of carbonyl (C=O) groups excluding carboxylic acids is 1. The first-order chi connectivity index (χ1) is 9.02. The van der Waals surface area contributed by atoms with Gasteiger partial charge in [-0.15, -0.1) is 0 Å². The van der Waals surface area contributed by atoms with Crippen molar-refractivity contribution in [2.24, 2.45) is 0 Å². The van der Waals surface area contributed by atoms with Gasteiger partial charge in [0.05, 0.1) is 4.90 Å². The van der Waals surface area contributed by atoms with Crippen LogP contribution >= 0.6 is 0 Å². The Balaban J connectivity index is 2.42. The summed E-state index contributed by atoms with van der Waals surface area (Å²) >= 11 is 0. The van der Waals surface area contributed by atoms with Gasteiger partial charge in [0.15, 0.2) is 12.5 Å². The zero-order valence-electron chi connectivity index (χ0n) is 10.4. The van der Waals surface area contributed by atoms with Crippen LogP contribution in [0.4, 0.5) is 4.79 Å². The minimum absolute atomic E-state index is 0.0175. The Morgan fingerprint density at radius 1 is 1.16 bits per heavy atom. The number of urea groups is 1. The van der Waals surface area contributed by atoms with Crippen molar-refractivity contribution in [1.29, 1.82) is 0 Å². The van der Waals surface area contributed by atoms with E-state index in [0.29, 0.717) is 4.31 Å². The molecule has 2 atom stereocenters. The van der Waals surface area contributed by atoms with Crippen LogP contribution in [0.1, 0.15) is 0 Å². The number of nitrogens with zero attached hydrogens (tertiary/aromatic N) is 1. The lowest BCUT2D eigenvalue weighted by atomic mass is 10.4. The van der Waals surface area contributed by atoms with Gasteiger partial charge in [-0.05, 0) is 12.1 Å². The van der Waals surface area contributed by atoms with Crippen LogP contribution in [0.5, 0.6) is 0 Å². The molecule has 2 rings (SSSR count). The zero-order chi connectivity index (χ0) is 14.0. The van der Waals surface area contributed by atoms with E-state index in [0.717, 1.165) is 0 Å². The fourth-order valence-electron chi connectivity index (χ4n) is 1.84. The standard InChI is InChI=1S/C11H14N2O5S/c1-17-9-10(18-2)13(11(14)12-9)19(15,16)8-6-4-3-5-7-8/h3-7,9-10H,1-2H3,(H,12,14)/t9-,10-/m0/s1. The summed E-state index contributed by atoms with van der Waals surface area (Å²) in [5, 5.41) is 2.39. The van der Waals surface area contributed by atoms with E-state index < -0.39 is 28.5 Å². The lowest BCUT2D eigenvalue weighted by Crippen LogP contribution is -2.42. The molecule has 1 saturated heterocycles. The third-order valence-electron chi connectivity index (χ3n) is 2.75. The highest BCUT2D eigenvalue weighted by Gasteiger charge is 2.47. The number of ether oxygens (including phenoxy) is 2. The second kappa shape index (κ2) is 5.16. The van der Waals surface area contributed by atoms with Gasteiger partial charge >= 0.3 is 6.03 Å². The summed E-state index contributed by atoms with van der Waals surface area (Å²) in [5.41, 5.74) is 0. The Labute approximate surface area is 111 Å². The average Bonchev–Trinajstić information content (AvgIpc) is 2.76. The number of hydrogen-bond acceptors (Lipinski definition) is 5. The molecule has 19 heavy (non-hydrogen) atoms. The third kappa shape index (κ3) is 2.29. The summed E-state index contributed by atoms with van der Waals surface area (Å²) in [7, 11) is -1.31. The topological polar surface area (TPSA) is 84.9 Å². The molecule has 0 bridgehead atoms. The van der Waals surface area contributed by atoms with Gasteiger partial charge in [-0.25, -0.2) is 13.2 Å². The van der Waals surface area contributed by atoms with E-state index in [1.165, 1.54) is 26.4 Å². The van der Waals surface area contributed by atoms with Crippen LogP contribution in [0.2, 0.25) is 0 Å². The van der Waals surface area contributed by atoms with Crippen molar-refractivity contribution in [2.45, 2.75) is 17.4 Å². The molecule has 1 aliphatic rings. The second-order valence-corrected chi connectivity index (χ2v) is 5.66. The van der Waals surface area contributed by atoms with Crippen LogP contribution in [0.25, 0.3) is 0 Å². The predicted molar refractivity (Wildman–Crippen MR) is 65.6 cm³/mol. The summed E-state index contributed by atoms with van der Waals surface area (Å²) in [6.45, 7) is 0. The highest BCUT2D eigenvalue weighted by molar-refractivity contribution is 7.89. The summed E-state index contributed by atoms with van der Waals surface area (Å²) < 4.78 is 35.5. The van der Waals surface area contributed by atoms with Gasteiger partial charge in [0, 0.05) is 14.2 Å². The van der Waals surface area contributed by atoms with Gasteiger partial charge in [0.25, 0.3) is 10.0 Å². The van der Waals surface area contributed by atoms with Crippen molar-refractivity contribution in [3.63, 3.8) is 0 Å². The molecular formula is C11H14N2O5S. The fraction of sp³-hybridized carbons (Fsp3) is 0.364. The van der Waals surface area contributed by atoms with Gasteiger partial charge < -0.3 is 14.8 Å². The van der Waals surface area contributed by atoms with Crippen LogP contribution in [-0.4, -0.2) is 45.4 Å². The number of nitrogens with one attached hydrogen (secondary N) is 1. The Hall–Kier alpha value is -1.64. The summed E-state index contributed by atoms with van der Waals surface area (Å²) in [6, 6.07) is 6.90. The van der Waals surface area contributed by atoms with Gasteiger partial charge in [-0.3, -0.25) is 0 Å². The maximum atomic E-state index is 12.4. The van der Waals surface area contributed by atoms with E-state index >= 15 is 0 Å². The molecule has 1 aromatic carbocycles. The lowest BCUT2D eigenvalue weighted by Gasteiger charge is -2.23. The Morgan fingerprint density at radius 3 is 2.32 bits per heavy atom. The molecule has 1 N–H and O–H groups in total. The van der Waals surface area contributed by atoms with E-state index in [2.05, 4.69) is 5.32 Å². The van der Waals surface area contributed by atoms with Crippen LogP contribution < -0.4 is 5.32 Å². The number of methoxy groups -OCH3 is 2. The van der Waals surface area contributed by atoms with Gasteiger partial charge in [0.2, 0.25) is 0 Å². The molecular weight excluding hydrogens is 272 g/mol. The fourth-order valence-corrected chi connectivity index (χ4v) is 3.31. The van der Waals surface area contributed by atoms with Crippen molar-refractivity contribution in [3.8, 4) is 0 Å². The van der Waals surface area contributed by atoms with E-state index in [1.54, 1.807) is 18.2 Å². The van der Waals surface area contributed by atoms with Gasteiger partial charge in [0.1, 0.15) is 0 Å². The largest absolute Gasteiger partial charge is 0.357 e. The maximum absolute atomic E-state index is 12.4. The van der Waals surface area contributed by atoms with Gasteiger partial charge in [-0.2, -0.15) is 4.31 Å². The Bertz CT molecular complexity index is 560. The molecule has 0 aromatic heterocycles. The summed E-state index contributed by atoms with van der Waals surface area (Å²) in [5.74, 6) is 0. The van der Waals surface area contributed by atoms with Crippen molar-refractivity contribution in [2.75, 3.05) is 14.2 Å². The molecule has 1 aromatic rings. The average molecular weight is 286 g/mol. The highest BCUT2D eigenvalue weighted by atomic mass is 32.2. The van der Waals surface area contributed by atoms with E-state index in [1.807, 2.05) is 0 Å². The quantitative estimate of drug-likeness (QED) is 0.863. The molecule has 0 saturated carbocycles. The van der Waals surface area contributed by atoms with E-state index in [9.17, 15) is 13.2 Å². The van der Waals surface area contributed by atoms with Crippen LogP contribution in [0.3, 0.4) is 0 Å². The predicted octanol–water partition coefficient (Wildman–Crippen LogP) is 0.346. The molecule has 1 heterocycles. The molecule has 1 fully saturated rings. The molecule has 0 aliphatic carbocycles. The minimum atomic E-state index is -3.98. The SMILES string of the molecule is CO[C@@H]1NC(=O)N(S(=O)(=O)c2ccccc2)[C@H]1OC. The highest BCUT2D eigenvalue weighted by Crippen LogP contribution is 2.24. The number of amides is 2. The maximum Gasteiger partial charge on any atom is 0.335 e. The molecule has 0 radical (unpaired) electrons. The second-order valence-electron chi connectivity index (χ2n) is 3.85. The number of carbonyl (C=O) groups is 1. The van der Waals surface area contributed by atoms with E-state index in [-0.39, 0.29) is 4.90 Å². The van der Waals surface area contributed by atoms with Crippen LogP contribution in [0, 0.1) is 0 Å². The first-order valence-corrected chi connectivity index (χ1v) is 6.92. The molecule has 104 valence electrons. The smallest absolute Gasteiger partial charge is 0.335 e. The van der Waals surface area contributed by atoms with Crippen molar-refractivity contribution in [1.82, 2.24) is 9.62 Å². The molecule has 7 nitrogen and oxygen atoms in total. The van der Waals surface area contributed by atoms with Crippen molar-refractivity contribution < 1.29 is 22.7 Å². The third-order valence-corrected chi connectivity index (χ3v) is 4.51. The van der Waals surface area contributed by atoms with Crippen molar-refractivity contribution in [3.05, 3.63) is 30.3 Å². The Morgan fingerprint density at radius 2 is 1.79 bits per heavy atom. The summed E-state index contributed by atoms with van der Waals surface area (Å²) in [4.78, 5) is 11.8. The van der Waals surface area contributed by atoms with Crippen LogP contribution in [0.15, 0.2) is 35.2 Å². The molecule has 1 aliphatic heterocycles. The first-order valence-electron chi connectivity index (χ1n) is 5.48. The normalized spacial score (nSPS) is 23.5. The lowest BCUT2D eigenvalue weighted by molar-refractivity contribution is -0.0579. The van der Waals surface area contributed by atoms with E-state index in [4.69, 9.17) is 9.47 Å². The zero-order valence-corrected chi connectivity index (χ0v) is 11.3. The molecule has 8 heteroatoms. The number of benzene rings is 1. The minimum Gasteiger partial charge on any atom is -0.357 e. The van der Waals surface area contributed by atoms with Crippen molar-refractivity contribution >= 4 is 16.1 Å². The summed E-state index contributed by atoms with van der Waals surface area (Å²) in [6.07, 6.45) is -1.88. The number of rotatable bonds is 4. The first kappa shape index (κ1) is 13.8. The Kier molecular flexibility index (Phi) is 3.74. The molecule has 0 spiro atoms.